The van der Waals surface area contributed by atoms with Crippen LogP contribution in [0.25, 0.3) is 11.3 Å². The molecule has 1 unspecified atom stereocenters. The fraction of sp³-hybridized carbons (Fsp3) is 0.250. The van der Waals surface area contributed by atoms with Gasteiger partial charge in [0.2, 0.25) is 0 Å². The Balaban J connectivity index is 2.31. The normalized spacial score (nSPS) is 12.4. The van der Waals surface area contributed by atoms with E-state index in [0.717, 1.165) is 0 Å². The molecule has 4 N–H and O–H groups in total. The van der Waals surface area contributed by atoms with E-state index in [2.05, 4.69) is 9.97 Å². The maximum atomic E-state index is 13.5. The molecule has 1 heterocycles. The number of aliphatic hydroxyl groups excluding tert-OH is 1. The predicted molar refractivity (Wildman–Crippen MR) is 64.5 cm³/mol. The summed E-state index contributed by atoms with van der Waals surface area (Å²) in [6.45, 7) is 0.0733. The molecule has 6 heteroatoms. The SMILES string of the molecule is COc1ccc(-c2cnc(C(O)CN)[nH]2)cc1F. The lowest BCUT2D eigenvalue weighted by Gasteiger charge is -2.04. The Morgan fingerprint density at radius 3 is 2.94 bits per heavy atom. The fourth-order valence-electron chi connectivity index (χ4n) is 1.60. The topological polar surface area (TPSA) is 84.2 Å². The fourth-order valence-corrected chi connectivity index (χ4v) is 1.60. The number of H-pyrrole nitrogens is 1. The lowest BCUT2D eigenvalue weighted by atomic mass is 10.1. The molecule has 0 radical (unpaired) electrons. The van der Waals surface area contributed by atoms with E-state index in [9.17, 15) is 9.50 Å². The molecule has 18 heavy (non-hydrogen) atoms. The van der Waals surface area contributed by atoms with Crippen molar-refractivity contribution in [1.29, 1.82) is 0 Å². The first-order valence-electron chi connectivity index (χ1n) is 5.42. The third-order valence-corrected chi connectivity index (χ3v) is 2.60. The number of aliphatic hydroxyl groups is 1. The van der Waals surface area contributed by atoms with Gasteiger partial charge in [-0.15, -0.1) is 0 Å². The highest BCUT2D eigenvalue weighted by Crippen LogP contribution is 2.24. The van der Waals surface area contributed by atoms with Crippen molar-refractivity contribution >= 4 is 0 Å². The van der Waals surface area contributed by atoms with Gasteiger partial charge in [-0.05, 0) is 18.2 Å². The summed E-state index contributed by atoms with van der Waals surface area (Å²) in [7, 11) is 1.41. The molecular formula is C12H14FN3O2. The molecular weight excluding hydrogens is 237 g/mol. The molecule has 0 aliphatic heterocycles. The zero-order valence-corrected chi connectivity index (χ0v) is 9.85. The Kier molecular flexibility index (Phi) is 3.59. The van der Waals surface area contributed by atoms with E-state index in [1.165, 1.54) is 25.4 Å². The summed E-state index contributed by atoms with van der Waals surface area (Å²) >= 11 is 0. The van der Waals surface area contributed by atoms with Gasteiger partial charge in [0.05, 0.1) is 19.0 Å². The van der Waals surface area contributed by atoms with Gasteiger partial charge in [0.15, 0.2) is 11.6 Å². The number of halogens is 1. The molecule has 0 amide bonds. The van der Waals surface area contributed by atoms with Gasteiger partial charge in [0, 0.05) is 12.1 Å². The maximum absolute atomic E-state index is 13.5. The van der Waals surface area contributed by atoms with Gasteiger partial charge < -0.3 is 20.6 Å². The largest absolute Gasteiger partial charge is 0.494 e. The zero-order chi connectivity index (χ0) is 13.1. The number of hydrogen-bond acceptors (Lipinski definition) is 4. The van der Waals surface area contributed by atoms with Crippen molar-refractivity contribution in [3.63, 3.8) is 0 Å². The molecule has 0 saturated carbocycles. The van der Waals surface area contributed by atoms with Crippen LogP contribution >= 0.6 is 0 Å². The number of methoxy groups -OCH3 is 1. The summed E-state index contributed by atoms with van der Waals surface area (Å²) in [4.78, 5) is 6.89. The Morgan fingerprint density at radius 2 is 2.33 bits per heavy atom. The molecule has 0 fully saturated rings. The van der Waals surface area contributed by atoms with Crippen LogP contribution in [0.5, 0.6) is 5.75 Å². The average molecular weight is 251 g/mol. The van der Waals surface area contributed by atoms with Crippen LogP contribution in [0.2, 0.25) is 0 Å². The molecule has 1 atom stereocenters. The van der Waals surface area contributed by atoms with E-state index in [4.69, 9.17) is 10.5 Å². The molecule has 5 nitrogen and oxygen atoms in total. The van der Waals surface area contributed by atoms with Crippen LogP contribution in [0.3, 0.4) is 0 Å². The minimum absolute atomic E-state index is 0.0733. The predicted octanol–water partition coefficient (Wildman–Crippen LogP) is 1.22. The van der Waals surface area contributed by atoms with Gasteiger partial charge in [-0.1, -0.05) is 0 Å². The highest BCUT2D eigenvalue weighted by atomic mass is 19.1. The first-order valence-corrected chi connectivity index (χ1v) is 5.42. The average Bonchev–Trinajstić information content (AvgIpc) is 2.87. The number of aromatic amines is 1. The molecule has 0 spiro atoms. The molecule has 1 aromatic carbocycles. The summed E-state index contributed by atoms with van der Waals surface area (Å²) < 4.78 is 18.4. The minimum Gasteiger partial charge on any atom is -0.494 e. The molecule has 0 aliphatic carbocycles. The van der Waals surface area contributed by atoms with Crippen LogP contribution in [-0.4, -0.2) is 28.7 Å². The summed E-state index contributed by atoms with van der Waals surface area (Å²) in [5.41, 5.74) is 6.56. The number of rotatable bonds is 4. The van der Waals surface area contributed by atoms with Crippen molar-refractivity contribution in [3.8, 4) is 17.0 Å². The maximum Gasteiger partial charge on any atom is 0.165 e. The number of aromatic nitrogens is 2. The Hall–Kier alpha value is -1.92. The van der Waals surface area contributed by atoms with Crippen molar-refractivity contribution < 1.29 is 14.2 Å². The van der Waals surface area contributed by atoms with Gasteiger partial charge in [0.25, 0.3) is 0 Å². The lowest BCUT2D eigenvalue weighted by molar-refractivity contribution is 0.177. The van der Waals surface area contributed by atoms with E-state index in [-0.39, 0.29) is 12.3 Å². The van der Waals surface area contributed by atoms with E-state index in [1.54, 1.807) is 6.07 Å². The van der Waals surface area contributed by atoms with Crippen molar-refractivity contribution in [2.75, 3.05) is 13.7 Å². The number of ether oxygens (including phenoxy) is 1. The van der Waals surface area contributed by atoms with Crippen LogP contribution in [-0.2, 0) is 0 Å². The van der Waals surface area contributed by atoms with E-state index in [0.29, 0.717) is 17.1 Å². The van der Waals surface area contributed by atoms with Gasteiger partial charge in [0.1, 0.15) is 11.9 Å². The Bertz CT molecular complexity index is 542. The molecule has 2 aromatic rings. The first-order chi connectivity index (χ1) is 8.65. The quantitative estimate of drug-likeness (QED) is 0.762. The monoisotopic (exact) mass is 251 g/mol. The highest BCUT2D eigenvalue weighted by molar-refractivity contribution is 5.59. The Labute approximate surface area is 103 Å². The van der Waals surface area contributed by atoms with Crippen LogP contribution in [0.4, 0.5) is 4.39 Å². The second kappa shape index (κ2) is 5.16. The summed E-state index contributed by atoms with van der Waals surface area (Å²) in [6, 6.07) is 4.57. The Morgan fingerprint density at radius 1 is 1.56 bits per heavy atom. The second-order valence-corrected chi connectivity index (χ2v) is 3.78. The first kappa shape index (κ1) is 12.5. The van der Waals surface area contributed by atoms with Gasteiger partial charge in [-0.25, -0.2) is 9.37 Å². The van der Waals surface area contributed by atoms with Crippen LogP contribution in [0.1, 0.15) is 11.9 Å². The molecule has 1 aromatic heterocycles. The van der Waals surface area contributed by atoms with Crippen molar-refractivity contribution in [1.82, 2.24) is 9.97 Å². The minimum atomic E-state index is -0.846. The zero-order valence-electron chi connectivity index (χ0n) is 9.85. The highest BCUT2D eigenvalue weighted by Gasteiger charge is 2.11. The number of nitrogens with one attached hydrogen (secondary N) is 1. The standard InChI is InChI=1S/C12H14FN3O2/c1-18-11-3-2-7(4-8(11)13)9-6-15-12(16-9)10(17)5-14/h2-4,6,10,17H,5,14H2,1H3,(H,15,16). The van der Waals surface area contributed by atoms with Crippen molar-refractivity contribution in [2.45, 2.75) is 6.10 Å². The van der Waals surface area contributed by atoms with E-state index >= 15 is 0 Å². The molecule has 2 rings (SSSR count). The summed E-state index contributed by atoms with van der Waals surface area (Å²) in [5, 5.41) is 9.51. The summed E-state index contributed by atoms with van der Waals surface area (Å²) in [5.74, 6) is 0.0923. The number of benzene rings is 1. The second-order valence-electron chi connectivity index (χ2n) is 3.78. The molecule has 0 aliphatic rings. The van der Waals surface area contributed by atoms with Crippen molar-refractivity contribution in [3.05, 3.63) is 36.0 Å². The third-order valence-electron chi connectivity index (χ3n) is 2.60. The van der Waals surface area contributed by atoms with Crippen LogP contribution in [0.15, 0.2) is 24.4 Å². The number of nitrogens with two attached hydrogens (primary N) is 1. The lowest BCUT2D eigenvalue weighted by Crippen LogP contribution is -2.12. The third kappa shape index (κ3) is 2.34. The van der Waals surface area contributed by atoms with Crippen LogP contribution in [0, 0.1) is 5.82 Å². The van der Waals surface area contributed by atoms with Crippen molar-refractivity contribution in [2.24, 2.45) is 5.73 Å². The van der Waals surface area contributed by atoms with Gasteiger partial charge >= 0.3 is 0 Å². The number of nitrogens with zero attached hydrogens (tertiary/aromatic N) is 1. The van der Waals surface area contributed by atoms with Crippen LogP contribution < -0.4 is 10.5 Å². The van der Waals surface area contributed by atoms with E-state index < -0.39 is 11.9 Å². The smallest absolute Gasteiger partial charge is 0.165 e. The molecule has 0 bridgehead atoms. The van der Waals surface area contributed by atoms with Gasteiger partial charge in [-0.2, -0.15) is 0 Å². The number of hydrogen-bond donors (Lipinski definition) is 3. The van der Waals surface area contributed by atoms with Gasteiger partial charge in [-0.3, -0.25) is 0 Å². The number of imidazole rings is 1. The molecule has 96 valence electrons. The molecule has 0 saturated heterocycles. The summed E-state index contributed by atoms with van der Waals surface area (Å²) in [6.07, 6.45) is 0.678. The van der Waals surface area contributed by atoms with E-state index in [1.807, 2.05) is 0 Å².